The Morgan fingerprint density at radius 1 is 1.50 bits per heavy atom. The average Bonchev–Trinajstić information content (AvgIpc) is 2.15. The lowest BCUT2D eigenvalue weighted by atomic mass is 10.2. The normalized spacial score (nSPS) is 9.42. The van der Waals surface area contributed by atoms with Crippen molar-refractivity contribution in [2.24, 2.45) is 0 Å². The minimum atomic E-state index is 0.825. The van der Waals surface area contributed by atoms with Crippen LogP contribution < -0.4 is 5.32 Å². The molecule has 0 aliphatic carbocycles. The van der Waals surface area contributed by atoms with Gasteiger partial charge in [-0.15, -0.1) is 0 Å². The largest absolute Gasteiger partial charge is 0.376 e. The molecule has 0 fully saturated rings. The molecule has 1 N–H and O–H groups in total. The molecule has 12 heavy (non-hydrogen) atoms. The van der Waals surface area contributed by atoms with Crippen LogP contribution in [-0.4, -0.2) is 11.5 Å². The second-order valence-corrected chi connectivity index (χ2v) is 2.95. The molecule has 0 saturated heterocycles. The van der Waals surface area contributed by atoms with E-state index in [1.807, 2.05) is 24.3 Å². The van der Waals surface area contributed by atoms with E-state index in [4.69, 9.17) is 12.2 Å². The molecule has 0 amide bonds. The van der Waals surface area contributed by atoms with E-state index in [-0.39, 0.29) is 0 Å². The molecule has 2 heteroatoms. The second kappa shape index (κ2) is 4.88. The predicted molar refractivity (Wildman–Crippen MR) is 55.3 cm³/mol. The lowest BCUT2D eigenvalue weighted by molar-refractivity contribution is 0.848. The van der Waals surface area contributed by atoms with Crippen LogP contribution in [0.4, 0.5) is 0 Å². The van der Waals surface area contributed by atoms with E-state index in [0.29, 0.717) is 0 Å². The first-order chi connectivity index (χ1) is 5.84. The number of rotatable bonds is 3. The topological polar surface area (TPSA) is 12.0 Å². The fraction of sp³-hybridized carbons (Fsp3) is 0.300. The standard InChI is InChI=1S/C10H12NS/c1-2-8-11-10(12)9-6-4-3-5-7-9/h4-7H,2,8H2,1H3,(H,11,12). The third-order valence-electron chi connectivity index (χ3n) is 1.52. The van der Waals surface area contributed by atoms with Crippen LogP contribution in [0.2, 0.25) is 0 Å². The van der Waals surface area contributed by atoms with Gasteiger partial charge in [0.25, 0.3) is 0 Å². The van der Waals surface area contributed by atoms with Crippen LogP contribution in [0.25, 0.3) is 0 Å². The number of thiocarbonyl (C=S) groups is 1. The molecule has 0 aliphatic heterocycles. The number of benzene rings is 1. The summed E-state index contributed by atoms with van der Waals surface area (Å²) >= 11 is 5.16. The summed E-state index contributed by atoms with van der Waals surface area (Å²) in [6.07, 6.45) is 1.10. The fourth-order valence-corrected chi connectivity index (χ4v) is 1.12. The SMILES string of the molecule is CCCNC(=S)c1cc[c]cc1. The van der Waals surface area contributed by atoms with Gasteiger partial charge in [0.05, 0.1) is 0 Å². The van der Waals surface area contributed by atoms with Crippen LogP contribution in [-0.2, 0) is 0 Å². The van der Waals surface area contributed by atoms with Crippen LogP contribution in [0, 0.1) is 6.07 Å². The van der Waals surface area contributed by atoms with Crippen molar-refractivity contribution in [1.29, 1.82) is 0 Å². The molecule has 1 nitrogen and oxygen atoms in total. The smallest absolute Gasteiger partial charge is 0.106 e. The molecule has 0 aliphatic rings. The first kappa shape index (κ1) is 9.20. The van der Waals surface area contributed by atoms with E-state index >= 15 is 0 Å². The van der Waals surface area contributed by atoms with E-state index in [0.717, 1.165) is 23.5 Å². The molecule has 0 heterocycles. The van der Waals surface area contributed by atoms with Crippen LogP contribution in [0.5, 0.6) is 0 Å². The second-order valence-electron chi connectivity index (χ2n) is 2.54. The van der Waals surface area contributed by atoms with Gasteiger partial charge in [-0.1, -0.05) is 43.4 Å². The fourth-order valence-electron chi connectivity index (χ4n) is 0.879. The molecule has 0 bridgehead atoms. The summed E-state index contributed by atoms with van der Waals surface area (Å²) in [6, 6.07) is 10.6. The Morgan fingerprint density at radius 2 is 2.17 bits per heavy atom. The highest BCUT2D eigenvalue weighted by atomic mass is 32.1. The predicted octanol–water partition coefficient (Wildman–Crippen LogP) is 2.16. The number of nitrogens with one attached hydrogen (secondary N) is 1. The maximum Gasteiger partial charge on any atom is 0.106 e. The van der Waals surface area contributed by atoms with Crippen molar-refractivity contribution >= 4 is 17.2 Å². The Labute approximate surface area is 78.8 Å². The molecule has 0 saturated carbocycles. The van der Waals surface area contributed by atoms with E-state index in [1.54, 1.807) is 0 Å². The zero-order valence-corrected chi connectivity index (χ0v) is 7.95. The van der Waals surface area contributed by atoms with Crippen molar-refractivity contribution in [3.63, 3.8) is 0 Å². The van der Waals surface area contributed by atoms with Crippen molar-refractivity contribution in [2.45, 2.75) is 13.3 Å². The quantitative estimate of drug-likeness (QED) is 0.712. The van der Waals surface area contributed by atoms with Crippen molar-refractivity contribution in [1.82, 2.24) is 5.32 Å². The Morgan fingerprint density at radius 3 is 2.75 bits per heavy atom. The summed E-state index contributed by atoms with van der Waals surface area (Å²) in [4.78, 5) is 0.825. The van der Waals surface area contributed by atoms with Gasteiger partial charge in [-0.2, -0.15) is 0 Å². The van der Waals surface area contributed by atoms with Crippen molar-refractivity contribution < 1.29 is 0 Å². The summed E-state index contributed by atoms with van der Waals surface area (Å²) in [5.41, 5.74) is 1.07. The maximum atomic E-state index is 5.16. The van der Waals surface area contributed by atoms with Gasteiger partial charge in [0.15, 0.2) is 0 Å². The van der Waals surface area contributed by atoms with Crippen LogP contribution in [0.3, 0.4) is 0 Å². The molecular formula is C10H12NS. The molecular weight excluding hydrogens is 166 g/mol. The van der Waals surface area contributed by atoms with Crippen LogP contribution in [0.1, 0.15) is 18.9 Å². The van der Waals surface area contributed by atoms with E-state index in [2.05, 4.69) is 18.3 Å². The zero-order valence-electron chi connectivity index (χ0n) is 7.13. The van der Waals surface area contributed by atoms with E-state index in [9.17, 15) is 0 Å². The van der Waals surface area contributed by atoms with E-state index < -0.39 is 0 Å². The molecule has 0 spiro atoms. The third-order valence-corrected chi connectivity index (χ3v) is 1.90. The summed E-state index contributed by atoms with van der Waals surface area (Å²) < 4.78 is 0. The van der Waals surface area contributed by atoms with E-state index in [1.165, 1.54) is 0 Å². The van der Waals surface area contributed by atoms with Gasteiger partial charge in [-0.05, 0) is 12.5 Å². The molecule has 1 aromatic rings. The monoisotopic (exact) mass is 178 g/mol. The highest BCUT2D eigenvalue weighted by Gasteiger charge is 1.96. The van der Waals surface area contributed by atoms with Gasteiger partial charge in [0.1, 0.15) is 4.99 Å². The van der Waals surface area contributed by atoms with Crippen LogP contribution in [0.15, 0.2) is 24.3 Å². The summed E-state index contributed by atoms with van der Waals surface area (Å²) in [5.74, 6) is 0. The van der Waals surface area contributed by atoms with Gasteiger partial charge in [-0.3, -0.25) is 0 Å². The summed E-state index contributed by atoms with van der Waals surface area (Å²) in [6.45, 7) is 3.06. The maximum absolute atomic E-state index is 5.16. The van der Waals surface area contributed by atoms with Gasteiger partial charge in [-0.25, -0.2) is 0 Å². The minimum Gasteiger partial charge on any atom is -0.376 e. The van der Waals surface area contributed by atoms with Gasteiger partial charge >= 0.3 is 0 Å². The van der Waals surface area contributed by atoms with Crippen molar-refractivity contribution in [3.8, 4) is 0 Å². The summed E-state index contributed by atoms with van der Waals surface area (Å²) in [7, 11) is 0. The van der Waals surface area contributed by atoms with Crippen molar-refractivity contribution in [2.75, 3.05) is 6.54 Å². The number of hydrogen-bond acceptors (Lipinski definition) is 1. The Balaban J connectivity index is 2.54. The highest BCUT2D eigenvalue weighted by Crippen LogP contribution is 1.98. The molecule has 1 rings (SSSR count). The molecule has 0 unspecified atom stereocenters. The van der Waals surface area contributed by atoms with Gasteiger partial charge in [0, 0.05) is 12.1 Å². The molecule has 1 aromatic carbocycles. The van der Waals surface area contributed by atoms with Gasteiger partial charge in [0.2, 0.25) is 0 Å². The molecule has 0 atom stereocenters. The van der Waals surface area contributed by atoms with Crippen LogP contribution >= 0.6 is 12.2 Å². The minimum absolute atomic E-state index is 0.825. The Bertz CT molecular complexity index is 243. The Hall–Kier alpha value is -0.890. The highest BCUT2D eigenvalue weighted by molar-refractivity contribution is 7.80. The first-order valence-corrected chi connectivity index (χ1v) is 4.49. The zero-order chi connectivity index (χ0) is 8.81. The van der Waals surface area contributed by atoms with Gasteiger partial charge < -0.3 is 5.32 Å². The molecule has 0 aromatic heterocycles. The number of hydrogen-bond donors (Lipinski definition) is 1. The third kappa shape index (κ3) is 2.62. The average molecular weight is 178 g/mol. The molecule has 1 radical (unpaired) electrons. The first-order valence-electron chi connectivity index (χ1n) is 4.09. The van der Waals surface area contributed by atoms with Crippen molar-refractivity contribution in [3.05, 3.63) is 35.9 Å². The lowest BCUT2D eigenvalue weighted by Crippen LogP contribution is -2.22. The summed E-state index contributed by atoms with van der Waals surface area (Å²) in [5, 5.41) is 3.17. The Kier molecular flexibility index (Phi) is 3.74. The lowest BCUT2D eigenvalue weighted by Gasteiger charge is -2.05. The molecule has 63 valence electrons.